The topological polar surface area (TPSA) is 157 Å². The van der Waals surface area contributed by atoms with Crippen molar-refractivity contribution in [2.45, 2.75) is 23.6 Å². The molecule has 291 valence electrons. The van der Waals surface area contributed by atoms with Crippen molar-refractivity contribution in [2.75, 3.05) is 18.5 Å². The minimum Gasteiger partial charge on any atom is -0.492 e. The molecule has 0 bridgehead atoms. The Kier molecular flexibility index (Phi) is 12.9. The fraction of sp³-hybridized carbons (Fsp3) is 0.114. The summed E-state index contributed by atoms with van der Waals surface area (Å²) in [6.45, 7) is 3.91. The predicted molar refractivity (Wildman–Crippen MR) is 230 cm³/mol. The summed E-state index contributed by atoms with van der Waals surface area (Å²) in [7, 11) is -7.05. The largest absolute Gasteiger partial charge is 0.492 e. The van der Waals surface area contributed by atoms with Gasteiger partial charge >= 0.3 is 0 Å². The number of nitrogens with one attached hydrogen (secondary N) is 1. The third kappa shape index (κ3) is 9.06. The first-order valence-electron chi connectivity index (χ1n) is 18.0. The fourth-order valence-corrected chi connectivity index (χ4v) is 8.19. The van der Waals surface area contributed by atoms with Crippen LogP contribution in [0.1, 0.15) is 25.0 Å². The molecule has 58 heavy (non-hydrogen) atoms. The zero-order chi connectivity index (χ0) is 40.3. The molecule has 0 amide bonds. The first-order valence-corrected chi connectivity index (χ1v) is 20.9. The van der Waals surface area contributed by atoms with Gasteiger partial charge in [0.25, 0.3) is 20.2 Å². The first kappa shape index (κ1) is 42.4. The molecule has 0 aliphatic heterocycles. The summed E-state index contributed by atoms with van der Waals surface area (Å²) >= 11 is 0. The van der Waals surface area contributed by atoms with Crippen molar-refractivity contribution in [2.24, 2.45) is 12.0 Å². The number of aromatic nitrogens is 1. The van der Waals surface area contributed by atoms with Crippen LogP contribution < -0.4 is 14.8 Å². The van der Waals surface area contributed by atoms with Gasteiger partial charge in [0.05, 0.1) is 30.3 Å². The molecule has 1 aliphatic carbocycles. The summed E-state index contributed by atoms with van der Waals surface area (Å²) in [5, 5.41) is 4.28. The predicted octanol–water partition coefficient (Wildman–Crippen LogP) is 9.20. The van der Waals surface area contributed by atoms with Gasteiger partial charge in [-0.2, -0.15) is 16.8 Å². The minimum absolute atomic E-state index is 0. The van der Waals surface area contributed by atoms with E-state index >= 15 is 0 Å². The average Bonchev–Trinajstić information content (AvgIpc) is 3.48. The van der Waals surface area contributed by atoms with Gasteiger partial charge in [-0.3, -0.25) is 9.11 Å². The summed E-state index contributed by atoms with van der Waals surface area (Å²) in [4.78, 5) is 3.97. The fourth-order valence-electron chi connectivity index (χ4n) is 6.88. The number of rotatable bonds is 12. The summed E-state index contributed by atoms with van der Waals surface area (Å²) in [6.07, 6.45) is 7.62. The molecule has 7 rings (SSSR count). The molecule has 0 unspecified atom stereocenters. The zero-order valence-corrected chi connectivity index (χ0v) is 35.9. The number of hydrogen-bond acceptors (Lipinski definition) is 8. The molecule has 0 spiro atoms. The van der Waals surface area contributed by atoms with E-state index in [9.17, 15) is 25.9 Å². The van der Waals surface area contributed by atoms with Crippen molar-refractivity contribution in [1.82, 2.24) is 4.57 Å². The van der Waals surface area contributed by atoms with Gasteiger partial charge in [0.2, 0.25) is 0 Å². The Hall–Kier alpha value is -5.25. The van der Waals surface area contributed by atoms with E-state index in [0.29, 0.717) is 22.8 Å². The number of allylic oxidation sites excluding steroid dienone is 5. The normalized spacial score (nSPS) is 12.6. The van der Waals surface area contributed by atoms with E-state index in [1.165, 1.54) is 24.3 Å². The Morgan fingerprint density at radius 2 is 1.26 bits per heavy atom. The van der Waals surface area contributed by atoms with Crippen molar-refractivity contribution in [1.29, 1.82) is 0 Å². The van der Waals surface area contributed by atoms with Gasteiger partial charge in [0.1, 0.15) is 21.3 Å². The molecular formula is C44H39N3NaO8S2. The number of aliphatic imine (C=N–C) groups is 1. The van der Waals surface area contributed by atoms with Crippen LogP contribution in [0.15, 0.2) is 160 Å². The molecule has 1 radical (unpaired) electrons. The number of anilines is 2. The van der Waals surface area contributed by atoms with Crippen LogP contribution >= 0.6 is 0 Å². The summed E-state index contributed by atoms with van der Waals surface area (Å²) in [5.74, 6) is 0.104. The molecular weight excluding hydrogens is 786 g/mol. The summed E-state index contributed by atoms with van der Waals surface area (Å²) < 4.78 is 81.3. The quantitative estimate of drug-likeness (QED) is 0.0809. The van der Waals surface area contributed by atoms with Gasteiger partial charge in [-0.25, -0.2) is 4.99 Å². The maximum absolute atomic E-state index is 12.1. The van der Waals surface area contributed by atoms with Gasteiger partial charge in [0.15, 0.2) is 0 Å². The second-order valence-corrected chi connectivity index (χ2v) is 15.8. The Labute approximate surface area is 359 Å². The van der Waals surface area contributed by atoms with Crippen molar-refractivity contribution in [3.05, 3.63) is 156 Å². The number of hydrogen-bond donors (Lipinski definition) is 3. The van der Waals surface area contributed by atoms with Crippen LogP contribution in [0.4, 0.5) is 17.1 Å². The van der Waals surface area contributed by atoms with E-state index in [2.05, 4.69) is 46.2 Å². The molecule has 14 heteroatoms. The van der Waals surface area contributed by atoms with Crippen molar-refractivity contribution in [3.8, 4) is 22.8 Å². The van der Waals surface area contributed by atoms with E-state index in [-0.39, 0.29) is 64.1 Å². The van der Waals surface area contributed by atoms with Crippen LogP contribution in [0.3, 0.4) is 0 Å². The molecule has 3 N–H and O–H groups in total. The van der Waals surface area contributed by atoms with E-state index in [4.69, 9.17) is 9.47 Å². The van der Waals surface area contributed by atoms with Crippen LogP contribution in [-0.2, 0) is 27.3 Å². The third-order valence-electron chi connectivity index (χ3n) is 9.31. The monoisotopic (exact) mass is 824 g/mol. The van der Waals surface area contributed by atoms with Gasteiger partial charge in [-0.1, -0.05) is 72.8 Å². The molecule has 1 heterocycles. The number of para-hydroxylation sites is 1. The smallest absolute Gasteiger partial charge is 0.298 e. The molecule has 0 fully saturated rings. The van der Waals surface area contributed by atoms with Gasteiger partial charge in [-0.15, -0.1) is 0 Å². The standard InChI is InChI=1S/C44H39N3O8S2.Na/c1-4-54-38-25-23-34(27-40(38)56(48,49)50)45-32-19-15-29(16-20-32)42(43-36-13-9-10-14-37(36)47(3)44(43)31-11-7-6-8-12-31)30-17-21-33(22-18-30)46-35-24-26-39(55-5-2)41(28-35)57(51,52)53;/h6-28,45H,4-5H2,1-3H3,(H,48,49,50)(H,51,52,53);. The van der Waals surface area contributed by atoms with Gasteiger partial charge in [0, 0.05) is 64.4 Å². The Morgan fingerprint density at radius 1 is 0.690 bits per heavy atom. The Balaban J connectivity index is 0.00000567. The average molecular weight is 825 g/mol. The third-order valence-corrected chi connectivity index (χ3v) is 11.1. The maximum atomic E-state index is 12.1. The molecule has 6 aromatic rings. The molecule has 5 aromatic carbocycles. The number of ether oxygens (including phenoxy) is 2. The maximum Gasteiger partial charge on any atom is 0.298 e. The number of aryl methyl sites for hydroxylation is 1. The van der Waals surface area contributed by atoms with Crippen LogP contribution in [0.5, 0.6) is 11.5 Å². The minimum atomic E-state index is -4.56. The molecule has 1 aliphatic rings. The van der Waals surface area contributed by atoms with E-state index in [1.54, 1.807) is 26.0 Å². The molecule has 0 saturated carbocycles. The van der Waals surface area contributed by atoms with Crippen LogP contribution in [-0.4, -0.2) is 79.0 Å². The van der Waals surface area contributed by atoms with Gasteiger partial charge < -0.3 is 19.4 Å². The second-order valence-electron chi connectivity index (χ2n) is 13.0. The van der Waals surface area contributed by atoms with E-state index in [0.717, 1.165) is 44.4 Å². The summed E-state index contributed by atoms with van der Waals surface area (Å²) in [5.41, 5.74) is 8.83. The van der Waals surface area contributed by atoms with Crippen LogP contribution in [0, 0.1) is 0 Å². The first-order chi connectivity index (χ1) is 27.4. The molecule has 0 saturated heterocycles. The SMILES string of the molecule is CCOc1ccc(N=C2C=CC(=C(c3ccc(Nc4ccc(OCC)c(S(=O)(=O)O)c4)cc3)c3c(-c4ccccc4)n(C)c4ccccc34)C=C2)cc1S(=O)(=O)O.[Na]. The Bertz CT molecular complexity index is 2830. The number of nitrogens with zero attached hydrogens (tertiary/aromatic N) is 2. The number of benzene rings is 5. The van der Waals surface area contributed by atoms with Crippen molar-refractivity contribution in [3.63, 3.8) is 0 Å². The van der Waals surface area contributed by atoms with Crippen LogP contribution in [0.2, 0.25) is 0 Å². The molecule has 0 atom stereocenters. The van der Waals surface area contributed by atoms with Crippen LogP contribution in [0.25, 0.3) is 27.7 Å². The Morgan fingerprint density at radius 3 is 1.88 bits per heavy atom. The molecule has 11 nitrogen and oxygen atoms in total. The zero-order valence-electron chi connectivity index (χ0n) is 32.2. The van der Waals surface area contributed by atoms with Crippen molar-refractivity contribution >= 4 is 89.0 Å². The van der Waals surface area contributed by atoms with E-state index in [1.807, 2.05) is 78.9 Å². The van der Waals surface area contributed by atoms with E-state index < -0.39 is 20.2 Å². The number of fused-ring (bicyclic) bond motifs is 1. The summed E-state index contributed by atoms with van der Waals surface area (Å²) in [6, 6.07) is 35.0. The van der Waals surface area contributed by atoms with Crippen molar-refractivity contribution < 1.29 is 35.4 Å². The molecule has 1 aromatic heterocycles. The van der Waals surface area contributed by atoms with Gasteiger partial charge in [-0.05, 0) is 103 Å². The second kappa shape index (κ2) is 17.7.